The largest absolute Gasteiger partial charge is 0.313 e. The van der Waals surface area contributed by atoms with Gasteiger partial charge in [-0.05, 0) is 37.1 Å². The van der Waals surface area contributed by atoms with E-state index in [0.717, 1.165) is 24.0 Å². The van der Waals surface area contributed by atoms with Crippen molar-refractivity contribution in [3.05, 3.63) is 46.0 Å². The number of benzene rings is 1. The van der Waals surface area contributed by atoms with Crippen molar-refractivity contribution in [1.29, 1.82) is 0 Å². The van der Waals surface area contributed by atoms with Crippen molar-refractivity contribution in [2.24, 2.45) is 0 Å². The molecule has 0 unspecified atom stereocenters. The molecule has 1 aromatic carbocycles. The Morgan fingerprint density at radius 3 is 2.64 bits per heavy atom. The van der Waals surface area contributed by atoms with Gasteiger partial charge in [0.1, 0.15) is 0 Å². The highest BCUT2D eigenvalue weighted by Crippen LogP contribution is 2.15. The molecule has 1 N–H and O–H groups in total. The molecule has 0 bridgehead atoms. The fourth-order valence-corrected chi connectivity index (χ4v) is 1.96. The molecule has 2 heteroatoms. The van der Waals surface area contributed by atoms with Gasteiger partial charge in [-0.2, -0.15) is 0 Å². The molecule has 1 heterocycles. The summed E-state index contributed by atoms with van der Waals surface area (Å²) in [5.41, 5.74) is 2.97. The summed E-state index contributed by atoms with van der Waals surface area (Å²) in [6.07, 6.45) is 4.61. The molecule has 0 atom stereocenters. The summed E-state index contributed by atoms with van der Waals surface area (Å²) < 4.78 is 1.15. The summed E-state index contributed by atoms with van der Waals surface area (Å²) in [6, 6.07) is 8.59. The van der Waals surface area contributed by atoms with E-state index in [1.54, 1.807) is 5.57 Å². The van der Waals surface area contributed by atoms with Gasteiger partial charge in [0, 0.05) is 11.0 Å². The van der Waals surface area contributed by atoms with Crippen LogP contribution in [-0.2, 0) is 6.42 Å². The van der Waals surface area contributed by atoms with Crippen molar-refractivity contribution in [2.75, 3.05) is 13.1 Å². The molecule has 1 nitrogen and oxygen atoms in total. The topological polar surface area (TPSA) is 12.0 Å². The minimum Gasteiger partial charge on any atom is -0.313 e. The summed E-state index contributed by atoms with van der Waals surface area (Å²) in [6.45, 7) is 2.16. The maximum atomic E-state index is 3.45. The van der Waals surface area contributed by atoms with Crippen molar-refractivity contribution in [1.82, 2.24) is 5.32 Å². The first kappa shape index (κ1) is 9.94. The molecule has 0 saturated heterocycles. The lowest BCUT2D eigenvalue weighted by atomic mass is 10.0. The van der Waals surface area contributed by atoms with Crippen molar-refractivity contribution in [3.8, 4) is 0 Å². The highest BCUT2D eigenvalue weighted by atomic mass is 79.9. The Balaban J connectivity index is 2.03. The lowest BCUT2D eigenvalue weighted by Gasteiger charge is -2.13. The average Bonchev–Trinajstić information content (AvgIpc) is 2.23. The summed E-state index contributed by atoms with van der Waals surface area (Å²) in [5.74, 6) is 0. The maximum Gasteiger partial charge on any atom is 0.0175 e. The van der Waals surface area contributed by atoms with E-state index in [9.17, 15) is 0 Å². The molecule has 14 heavy (non-hydrogen) atoms. The molecule has 0 amide bonds. The van der Waals surface area contributed by atoms with Crippen LogP contribution in [-0.4, -0.2) is 13.1 Å². The third-order valence-corrected chi connectivity index (χ3v) is 3.03. The summed E-state index contributed by atoms with van der Waals surface area (Å²) in [4.78, 5) is 0. The zero-order valence-electron chi connectivity index (χ0n) is 8.09. The zero-order chi connectivity index (χ0) is 9.80. The molecule has 0 radical (unpaired) electrons. The maximum absolute atomic E-state index is 3.45. The normalized spacial score (nSPS) is 16.5. The van der Waals surface area contributed by atoms with Crippen molar-refractivity contribution < 1.29 is 0 Å². The van der Waals surface area contributed by atoms with E-state index in [0.29, 0.717) is 0 Å². The van der Waals surface area contributed by atoms with Crippen LogP contribution in [0.5, 0.6) is 0 Å². The van der Waals surface area contributed by atoms with Crippen LogP contribution in [0.25, 0.3) is 0 Å². The second-order valence-corrected chi connectivity index (χ2v) is 4.54. The molecule has 1 aromatic rings. The lowest BCUT2D eigenvalue weighted by Crippen LogP contribution is -2.21. The lowest BCUT2D eigenvalue weighted by molar-refractivity contribution is 0.692. The molecule has 2 rings (SSSR count). The summed E-state index contributed by atoms with van der Waals surface area (Å²) >= 11 is 3.45. The Bertz CT molecular complexity index is 327. The SMILES string of the molecule is Brc1ccc(CC2=CCNCC2)cc1. The molecule has 1 aliphatic rings. The number of hydrogen-bond donors (Lipinski definition) is 1. The van der Waals surface area contributed by atoms with E-state index in [2.05, 4.69) is 51.6 Å². The van der Waals surface area contributed by atoms with E-state index < -0.39 is 0 Å². The summed E-state index contributed by atoms with van der Waals surface area (Å²) in [5, 5.41) is 3.33. The molecule has 0 saturated carbocycles. The Morgan fingerprint density at radius 2 is 2.00 bits per heavy atom. The second-order valence-electron chi connectivity index (χ2n) is 3.62. The second kappa shape index (κ2) is 4.76. The first-order valence-electron chi connectivity index (χ1n) is 4.98. The Kier molecular flexibility index (Phi) is 3.38. The number of nitrogens with one attached hydrogen (secondary N) is 1. The predicted octanol–water partition coefficient (Wildman–Crippen LogP) is 2.91. The predicted molar refractivity (Wildman–Crippen MR) is 63.4 cm³/mol. The highest BCUT2D eigenvalue weighted by Gasteiger charge is 2.03. The van der Waals surface area contributed by atoms with E-state index in [4.69, 9.17) is 0 Å². The minimum absolute atomic E-state index is 1.03. The molecule has 0 aliphatic carbocycles. The highest BCUT2D eigenvalue weighted by molar-refractivity contribution is 9.10. The standard InChI is InChI=1S/C12H14BrN/c13-12-3-1-10(2-4-12)9-11-5-7-14-8-6-11/h1-5,14H,6-9H2. The quantitative estimate of drug-likeness (QED) is 0.798. The molecular weight excluding hydrogens is 238 g/mol. The van der Waals surface area contributed by atoms with Crippen molar-refractivity contribution in [2.45, 2.75) is 12.8 Å². The fraction of sp³-hybridized carbons (Fsp3) is 0.333. The third kappa shape index (κ3) is 2.69. The first-order chi connectivity index (χ1) is 6.84. The van der Waals surface area contributed by atoms with Gasteiger partial charge in [-0.25, -0.2) is 0 Å². The van der Waals surface area contributed by atoms with Gasteiger partial charge in [-0.15, -0.1) is 0 Å². The molecule has 74 valence electrons. The van der Waals surface area contributed by atoms with Crippen LogP contribution in [0, 0.1) is 0 Å². The van der Waals surface area contributed by atoms with Gasteiger partial charge < -0.3 is 5.32 Å². The Labute approximate surface area is 93.3 Å². The fourth-order valence-electron chi connectivity index (χ4n) is 1.69. The zero-order valence-corrected chi connectivity index (χ0v) is 9.68. The molecule has 0 fully saturated rings. The van der Waals surface area contributed by atoms with Gasteiger partial charge in [0.25, 0.3) is 0 Å². The van der Waals surface area contributed by atoms with Crippen LogP contribution in [0.2, 0.25) is 0 Å². The third-order valence-electron chi connectivity index (χ3n) is 2.50. The van der Waals surface area contributed by atoms with Crippen LogP contribution < -0.4 is 5.32 Å². The van der Waals surface area contributed by atoms with Crippen LogP contribution in [0.1, 0.15) is 12.0 Å². The van der Waals surface area contributed by atoms with Crippen LogP contribution in [0.3, 0.4) is 0 Å². The van der Waals surface area contributed by atoms with Crippen molar-refractivity contribution >= 4 is 15.9 Å². The molecule has 0 aromatic heterocycles. The number of rotatable bonds is 2. The van der Waals surface area contributed by atoms with Gasteiger partial charge in [-0.3, -0.25) is 0 Å². The smallest absolute Gasteiger partial charge is 0.0175 e. The van der Waals surface area contributed by atoms with Gasteiger partial charge in [0.2, 0.25) is 0 Å². The molecule has 0 spiro atoms. The van der Waals surface area contributed by atoms with E-state index in [1.165, 1.54) is 12.0 Å². The average molecular weight is 252 g/mol. The van der Waals surface area contributed by atoms with E-state index in [-0.39, 0.29) is 0 Å². The molecule has 1 aliphatic heterocycles. The first-order valence-corrected chi connectivity index (χ1v) is 5.77. The van der Waals surface area contributed by atoms with Crippen molar-refractivity contribution in [3.63, 3.8) is 0 Å². The van der Waals surface area contributed by atoms with E-state index in [1.807, 2.05) is 0 Å². The number of hydrogen-bond acceptors (Lipinski definition) is 1. The van der Waals surface area contributed by atoms with Crippen LogP contribution in [0.15, 0.2) is 40.4 Å². The van der Waals surface area contributed by atoms with Crippen LogP contribution in [0.4, 0.5) is 0 Å². The summed E-state index contributed by atoms with van der Waals surface area (Å²) in [7, 11) is 0. The van der Waals surface area contributed by atoms with Gasteiger partial charge >= 0.3 is 0 Å². The van der Waals surface area contributed by atoms with Gasteiger partial charge in [-0.1, -0.05) is 39.7 Å². The minimum atomic E-state index is 1.03. The Morgan fingerprint density at radius 1 is 1.21 bits per heavy atom. The van der Waals surface area contributed by atoms with E-state index >= 15 is 0 Å². The van der Waals surface area contributed by atoms with Crippen LogP contribution >= 0.6 is 15.9 Å². The van der Waals surface area contributed by atoms with Gasteiger partial charge in [0.05, 0.1) is 0 Å². The monoisotopic (exact) mass is 251 g/mol. The molecular formula is C12H14BrN. The number of halogens is 1. The Hall–Kier alpha value is -0.600. The van der Waals surface area contributed by atoms with Gasteiger partial charge in [0.15, 0.2) is 0 Å².